The first-order chi connectivity index (χ1) is 8.03. The van der Waals surface area contributed by atoms with E-state index in [0.29, 0.717) is 19.0 Å². The van der Waals surface area contributed by atoms with Crippen LogP contribution in [0.4, 0.5) is 13.2 Å². The predicted molar refractivity (Wildman–Crippen MR) is 59.3 cm³/mol. The Kier molecular flexibility index (Phi) is 4.96. The van der Waals surface area contributed by atoms with Crippen molar-refractivity contribution >= 4 is 0 Å². The molecule has 0 fully saturated rings. The zero-order chi connectivity index (χ0) is 12.9. The van der Waals surface area contributed by atoms with Gasteiger partial charge in [0.15, 0.2) is 5.67 Å². The third-order valence-corrected chi connectivity index (χ3v) is 2.56. The van der Waals surface area contributed by atoms with Gasteiger partial charge in [-0.1, -0.05) is 0 Å². The molecule has 0 amide bonds. The second kappa shape index (κ2) is 6.02. The van der Waals surface area contributed by atoms with Crippen LogP contribution >= 0.6 is 0 Å². The molecule has 0 aliphatic rings. The van der Waals surface area contributed by atoms with Crippen molar-refractivity contribution in [3.05, 3.63) is 35.4 Å². The molecule has 0 saturated carbocycles. The first-order valence-electron chi connectivity index (χ1n) is 5.37. The molecule has 0 saturated heterocycles. The van der Waals surface area contributed by atoms with Gasteiger partial charge >= 0.3 is 0 Å². The minimum atomic E-state index is -1.97. The van der Waals surface area contributed by atoms with E-state index in [1.807, 2.05) is 0 Å². The number of hydrogen-bond donors (Lipinski definition) is 1. The minimum Gasteiger partial charge on any atom is -0.381 e. The van der Waals surface area contributed by atoms with Crippen LogP contribution in [0.1, 0.15) is 18.4 Å². The third kappa shape index (κ3) is 3.44. The lowest BCUT2D eigenvalue weighted by Crippen LogP contribution is -2.28. The van der Waals surface area contributed by atoms with Gasteiger partial charge in [0.25, 0.3) is 0 Å². The Morgan fingerprint density at radius 2 is 2.06 bits per heavy atom. The van der Waals surface area contributed by atoms with E-state index in [0.717, 1.165) is 12.1 Å². The first kappa shape index (κ1) is 14.0. The summed E-state index contributed by atoms with van der Waals surface area (Å²) in [5, 5.41) is 0. The Morgan fingerprint density at radius 1 is 1.35 bits per heavy atom. The summed E-state index contributed by atoms with van der Waals surface area (Å²) in [5.74, 6) is -1.63. The average molecular weight is 247 g/mol. The fraction of sp³-hybridized carbons (Fsp3) is 0.500. The molecule has 17 heavy (non-hydrogen) atoms. The zero-order valence-electron chi connectivity index (χ0n) is 9.68. The second-order valence-electron chi connectivity index (χ2n) is 3.91. The molecular weight excluding hydrogens is 231 g/mol. The van der Waals surface area contributed by atoms with Gasteiger partial charge in [-0.15, -0.1) is 0 Å². The summed E-state index contributed by atoms with van der Waals surface area (Å²) in [6.07, 6.45) is 0.441. The summed E-state index contributed by atoms with van der Waals surface area (Å²) in [6, 6.07) is 2.81. The van der Waals surface area contributed by atoms with Gasteiger partial charge in [-0.3, -0.25) is 0 Å². The smallest absolute Gasteiger partial charge is 0.162 e. The molecule has 0 aromatic heterocycles. The van der Waals surface area contributed by atoms with Gasteiger partial charge in [0.2, 0.25) is 0 Å². The molecule has 1 aromatic rings. The SMILES string of the molecule is COCC(F)(CCCN)c1ccc(F)cc1F. The highest BCUT2D eigenvalue weighted by Crippen LogP contribution is 2.33. The van der Waals surface area contributed by atoms with Gasteiger partial charge in [-0.25, -0.2) is 13.2 Å². The zero-order valence-corrected chi connectivity index (χ0v) is 9.68. The van der Waals surface area contributed by atoms with Gasteiger partial charge in [-0.05, 0) is 31.5 Å². The molecule has 1 atom stereocenters. The molecule has 0 aliphatic carbocycles. The maximum absolute atomic E-state index is 14.6. The van der Waals surface area contributed by atoms with Crippen molar-refractivity contribution in [1.29, 1.82) is 0 Å². The minimum absolute atomic E-state index is 0.0416. The molecule has 2 nitrogen and oxygen atoms in total. The average Bonchev–Trinajstić information content (AvgIpc) is 2.26. The fourth-order valence-corrected chi connectivity index (χ4v) is 1.75. The molecule has 5 heteroatoms. The standard InChI is InChI=1S/C12H16F3NO/c1-17-8-12(15,5-2-6-16)10-4-3-9(13)7-11(10)14/h3-4,7H,2,5-6,8,16H2,1H3. The van der Waals surface area contributed by atoms with Gasteiger partial charge < -0.3 is 10.5 Å². The van der Waals surface area contributed by atoms with Crippen LogP contribution in [0.15, 0.2) is 18.2 Å². The van der Waals surface area contributed by atoms with Crippen LogP contribution in [0.5, 0.6) is 0 Å². The van der Waals surface area contributed by atoms with Gasteiger partial charge in [0, 0.05) is 18.7 Å². The molecule has 96 valence electrons. The van der Waals surface area contributed by atoms with E-state index >= 15 is 0 Å². The monoisotopic (exact) mass is 247 g/mol. The number of nitrogens with two attached hydrogens (primary N) is 1. The normalized spacial score (nSPS) is 14.6. The van der Waals surface area contributed by atoms with Gasteiger partial charge in [0.05, 0.1) is 6.61 Å². The Morgan fingerprint density at radius 3 is 2.59 bits per heavy atom. The van der Waals surface area contributed by atoms with Crippen LogP contribution < -0.4 is 5.73 Å². The summed E-state index contributed by atoms with van der Waals surface area (Å²) in [5.41, 5.74) is 3.16. The van der Waals surface area contributed by atoms with E-state index in [4.69, 9.17) is 10.5 Å². The largest absolute Gasteiger partial charge is 0.381 e. The molecule has 1 unspecified atom stereocenters. The molecular formula is C12H16F3NO. The molecule has 0 bridgehead atoms. The van der Waals surface area contributed by atoms with Gasteiger partial charge in [0.1, 0.15) is 11.6 Å². The number of hydrogen-bond acceptors (Lipinski definition) is 2. The molecule has 1 rings (SSSR count). The Hall–Kier alpha value is -1.07. The highest BCUT2D eigenvalue weighted by molar-refractivity contribution is 5.25. The summed E-state index contributed by atoms with van der Waals surface area (Å²) in [6.45, 7) is 0.0216. The number of alkyl halides is 1. The van der Waals surface area contributed by atoms with E-state index in [1.54, 1.807) is 0 Å². The number of rotatable bonds is 6. The van der Waals surface area contributed by atoms with Crippen LogP contribution in [0, 0.1) is 11.6 Å². The quantitative estimate of drug-likeness (QED) is 0.838. The summed E-state index contributed by atoms with van der Waals surface area (Å²) in [4.78, 5) is 0. The number of methoxy groups -OCH3 is 1. The number of ether oxygens (including phenoxy) is 1. The van der Waals surface area contributed by atoms with Crippen LogP contribution in [-0.2, 0) is 10.4 Å². The van der Waals surface area contributed by atoms with E-state index < -0.39 is 17.3 Å². The second-order valence-corrected chi connectivity index (χ2v) is 3.91. The number of halogens is 3. The van der Waals surface area contributed by atoms with Crippen LogP contribution in [-0.4, -0.2) is 20.3 Å². The lowest BCUT2D eigenvalue weighted by Gasteiger charge is -2.25. The fourth-order valence-electron chi connectivity index (χ4n) is 1.75. The first-order valence-corrected chi connectivity index (χ1v) is 5.37. The van der Waals surface area contributed by atoms with Crippen LogP contribution in [0.2, 0.25) is 0 Å². The molecule has 2 N–H and O–H groups in total. The van der Waals surface area contributed by atoms with Gasteiger partial charge in [-0.2, -0.15) is 0 Å². The van der Waals surface area contributed by atoms with E-state index in [9.17, 15) is 13.2 Å². The Labute approximate surface area is 98.6 Å². The number of benzene rings is 1. The Balaban J connectivity index is 3.03. The lowest BCUT2D eigenvalue weighted by molar-refractivity contribution is 0.0277. The van der Waals surface area contributed by atoms with Crippen molar-refractivity contribution in [2.24, 2.45) is 5.73 Å². The van der Waals surface area contributed by atoms with E-state index in [1.165, 1.54) is 7.11 Å². The van der Waals surface area contributed by atoms with E-state index in [2.05, 4.69) is 0 Å². The highest BCUT2D eigenvalue weighted by Gasteiger charge is 2.34. The molecule has 0 heterocycles. The maximum Gasteiger partial charge on any atom is 0.162 e. The summed E-state index contributed by atoms with van der Waals surface area (Å²) in [7, 11) is 1.33. The van der Waals surface area contributed by atoms with Crippen molar-refractivity contribution < 1.29 is 17.9 Å². The lowest BCUT2D eigenvalue weighted by atomic mass is 9.91. The van der Waals surface area contributed by atoms with Crippen LogP contribution in [0.25, 0.3) is 0 Å². The summed E-state index contributed by atoms with van der Waals surface area (Å²) < 4.78 is 45.6. The molecule has 1 aromatic carbocycles. The van der Waals surface area contributed by atoms with Crippen molar-refractivity contribution in [3.8, 4) is 0 Å². The third-order valence-electron chi connectivity index (χ3n) is 2.56. The molecule has 0 radical (unpaired) electrons. The molecule has 0 spiro atoms. The van der Waals surface area contributed by atoms with Crippen molar-refractivity contribution in [2.45, 2.75) is 18.5 Å². The predicted octanol–water partition coefficient (Wildman–Crippen LogP) is 2.51. The van der Waals surface area contributed by atoms with Crippen molar-refractivity contribution in [2.75, 3.05) is 20.3 Å². The van der Waals surface area contributed by atoms with Crippen molar-refractivity contribution in [1.82, 2.24) is 0 Å². The molecule has 0 aliphatic heterocycles. The van der Waals surface area contributed by atoms with Crippen LogP contribution in [0.3, 0.4) is 0 Å². The maximum atomic E-state index is 14.6. The van der Waals surface area contributed by atoms with E-state index in [-0.39, 0.29) is 18.6 Å². The van der Waals surface area contributed by atoms with Crippen molar-refractivity contribution in [3.63, 3.8) is 0 Å². The highest BCUT2D eigenvalue weighted by atomic mass is 19.2. The Bertz CT molecular complexity index is 373. The summed E-state index contributed by atoms with van der Waals surface area (Å²) >= 11 is 0. The topological polar surface area (TPSA) is 35.2 Å².